The average molecular weight is 630 g/mol. The van der Waals surface area contributed by atoms with Gasteiger partial charge in [0.25, 0.3) is 0 Å². The van der Waals surface area contributed by atoms with Crippen LogP contribution in [0.2, 0.25) is 0 Å². The van der Waals surface area contributed by atoms with Crippen molar-refractivity contribution < 1.29 is 4.74 Å². The Morgan fingerprint density at radius 2 is 0.800 bits per heavy atom. The number of unbranched alkanes of at least 4 members (excludes halogenated alkanes) is 18. The highest BCUT2D eigenvalue weighted by molar-refractivity contribution is 4.93. The molecule has 0 aliphatic heterocycles. The Hall–Kier alpha value is -1.12. The molecule has 0 aliphatic rings. The summed E-state index contributed by atoms with van der Waals surface area (Å²) in [6.07, 6.45) is 54.8. The second-order valence-electron chi connectivity index (χ2n) is 13.4. The van der Waals surface area contributed by atoms with E-state index in [9.17, 15) is 0 Å². The van der Waals surface area contributed by atoms with E-state index in [1.54, 1.807) is 0 Å². The first kappa shape index (κ1) is 46.0. The molecule has 0 aromatic rings. The Kier molecular flexibility index (Phi) is 41.8. The molecule has 0 aromatic heterocycles. The van der Waals surface area contributed by atoms with Gasteiger partial charge in [0.2, 0.25) is 0 Å². The van der Waals surface area contributed by atoms with E-state index in [0.29, 0.717) is 6.10 Å². The maximum Gasteiger partial charge on any atom is 0.0575 e. The van der Waals surface area contributed by atoms with Gasteiger partial charge in [-0.25, -0.2) is 0 Å². The molecule has 0 amide bonds. The second-order valence-corrected chi connectivity index (χ2v) is 13.4. The van der Waals surface area contributed by atoms with Gasteiger partial charge in [-0.15, -0.1) is 0 Å². The van der Waals surface area contributed by atoms with Crippen molar-refractivity contribution in [1.29, 1.82) is 0 Å². The van der Waals surface area contributed by atoms with E-state index in [1.165, 1.54) is 154 Å². The average Bonchev–Trinajstić information content (AvgIpc) is 3.02. The molecule has 0 aliphatic carbocycles. The number of allylic oxidation sites excluding steroid dienone is 8. The van der Waals surface area contributed by atoms with Crippen LogP contribution in [0.15, 0.2) is 48.6 Å². The summed E-state index contributed by atoms with van der Waals surface area (Å²) in [6, 6.07) is 0. The Labute approximate surface area is 285 Å². The first-order valence-corrected chi connectivity index (χ1v) is 19.6. The van der Waals surface area contributed by atoms with Gasteiger partial charge >= 0.3 is 0 Å². The third kappa shape index (κ3) is 40.9. The molecule has 45 heavy (non-hydrogen) atoms. The quantitative estimate of drug-likeness (QED) is 0.0511. The smallest absolute Gasteiger partial charge is 0.0575 e. The van der Waals surface area contributed by atoms with Crippen molar-refractivity contribution in [3.63, 3.8) is 0 Å². The fourth-order valence-corrected chi connectivity index (χ4v) is 5.66. The van der Waals surface area contributed by atoms with Crippen LogP contribution in [-0.2, 0) is 4.74 Å². The molecule has 2 nitrogen and oxygen atoms in total. The summed E-state index contributed by atoms with van der Waals surface area (Å²) < 4.78 is 6.39. The van der Waals surface area contributed by atoms with E-state index >= 15 is 0 Å². The monoisotopic (exact) mass is 630 g/mol. The molecule has 0 saturated carbocycles. The number of hydrogen-bond donors (Lipinski definition) is 0. The van der Waals surface area contributed by atoms with E-state index in [-0.39, 0.29) is 7.43 Å². The van der Waals surface area contributed by atoms with Crippen LogP contribution in [0.5, 0.6) is 0 Å². The van der Waals surface area contributed by atoms with Gasteiger partial charge in [0, 0.05) is 6.61 Å². The normalized spacial score (nSPS) is 12.3. The van der Waals surface area contributed by atoms with Gasteiger partial charge in [-0.3, -0.25) is 0 Å². The number of rotatable bonds is 35. The maximum atomic E-state index is 6.39. The Morgan fingerprint density at radius 3 is 1.18 bits per heavy atom. The van der Waals surface area contributed by atoms with Crippen molar-refractivity contribution in [3.05, 3.63) is 48.6 Å². The summed E-state index contributed by atoms with van der Waals surface area (Å²) in [7, 11) is 4.32. The molecule has 2 heteroatoms. The van der Waals surface area contributed by atoms with E-state index in [4.69, 9.17) is 4.74 Å². The molecule has 0 heterocycles. The SMILES string of the molecule is C.CCCCC/C=C\C/C=C\CCCCCCCCC(CCCCCCCC/C=C\C/C=C\CCCCC)OCCCN(C)C. The van der Waals surface area contributed by atoms with Crippen LogP contribution >= 0.6 is 0 Å². The first-order chi connectivity index (χ1) is 21.7. The lowest BCUT2D eigenvalue weighted by molar-refractivity contribution is 0.0342. The van der Waals surface area contributed by atoms with E-state index in [1.807, 2.05) is 0 Å². The summed E-state index contributed by atoms with van der Waals surface area (Å²) >= 11 is 0. The fraction of sp³-hybridized carbons (Fsp3) is 0.814. The van der Waals surface area contributed by atoms with Crippen LogP contribution in [0.4, 0.5) is 0 Å². The van der Waals surface area contributed by atoms with Gasteiger partial charge in [-0.2, -0.15) is 0 Å². The summed E-state index contributed by atoms with van der Waals surface area (Å²) in [6.45, 7) is 6.59. The van der Waals surface area contributed by atoms with E-state index < -0.39 is 0 Å². The molecule has 0 aromatic carbocycles. The zero-order valence-corrected chi connectivity index (χ0v) is 30.6. The molecule has 0 unspecified atom stereocenters. The molecule has 0 N–H and O–H groups in total. The summed E-state index contributed by atoms with van der Waals surface area (Å²) in [5, 5.41) is 0. The fourth-order valence-electron chi connectivity index (χ4n) is 5.66. The predicted molar refractivity (Wildman–Crippen MR) is 208 cm³/mol. The van der Waals surface area contributed by atoms with E-state index in [2.05, 4.69) is 81.5 Å². The molecule has 266 valence electrons. The number of hydrogen-bond acceptors (Lipinski definition) is 2. The van der Waals surface area contributed by atoms with Crippen molar-refractivity contribution in [2.45, 2.75) is 201 Å². The molecular formula is C43H83NO. The summed E-state index contributed by atoms with van der Waals surface area (Å²) in [5.41, 5.74) is 0. The highest BCUT2D eigenvalue weighted by atomic mass is 16.5. The van der Waals surface area contributed by atoms with Crippen LogP contribution in [0.3, 0.4) is 0 Å². The molecule has 0 radical (unpaired) electrons. The summed E-state index contributed by atoms with van der Waals surface area (Å²) in [5.74, 6) is 0. The molecule has 0 fully saturated rings. The highest BCUT2D eigenvalue weighted by Gasteiger charge is 2.09. The van der Waals surface area contributed by atoms with Gasteiger partial charge < -0.3 is 9.64 Å². The topological polar surface area (TPSA) is 12.5 Å². The van der Waals surface area contributed by atoms with Gasteiger partial charge in [0.1, 0.15) is 0 Å². The van der Waals surface area contributed by atoms with E-state index in [0.717, 1.165) is 32.4 Å². The summed E-state index contributed by atoms with van der Waals surface area (Å²) in [4.78, 5) is 2.27. The molecule has 0 rings (SSSR count). The lowest BCUT2D eigenvalue weighted by atomic mass is 10.0. The van der Waals surface area contributed by atoms with Crippen molar-refractivity contribution in [2.75, 3.05) is 27.2 Å². The van der Waals surface area contributed by atoms with Crippen molar-refractivity contribution in [3.8, 4) is 0 Å². The molecule has 0 spiro atoms. The van der Waals surface area contributed by atoms with Crippen LogP contribution in [0.1, 0.15) is 195 Å². The maximum absolute atomic E-state index is 6.39. The standard InChI is InChI=1S/C42H79NO.CH4/c1-5-7-9-11-13-15-17-19-21-23-25-27-29-31-33-35-38-42(44-41-37-40-43(3)4)39-36-34-32-30-28-26-24-22-20-18-16-14-12-10-8-6-2;/h13-16,19-22,42H,5-12,17-18,23-41H2,1-4H3;1H4/b15-13-,16-14-,21-19-,22-20-;. The van der Waals surface area contributed by atoms with Crippen molar-refractivity contribution in [1.82, 2.24) is 4.90 Å². The first-order valence-electron chi connectivity index (χ1n) is 19.6. The largest absolute Gasteiger partial charge is 0.378 e. The molecule has 0 saturated heterocycles. The van der Waals surface area contributed by atoms with Crippen LogP contribution in [-0.4, -0.2) is 38.3 Å². The zero-order valence-electron chi connectivity index (χ0n) is 30.6. The molecule has 0 atom stereocenters. The van der Waals surface area contributed by atoms with Crippen LogP contribution in [0, 0.1) is 0 Å². The Bertz CT molecular complexity index is 598. The minimum absolute atomic E-state index is 0. The highest BCUT2D eigenvalue weighted by Crippen LogP contribution is 2.18. The minimum Gasteiger partial charge on any atom is -0.378 e. The van der Waals surface area contributed by atoms with Crippen molar-refractivity contribution >= 4 is 0 Å². The molecule has 0 bridgehead atoms. The second kappa shape index (κ2) is 40.9. The van der Waals surface area contributed by atoms with Crippen LogP contribution < -0.4 is 0 Å². The Morgan fingerprint density at radius 1 is 0.444 bits per heavy atom. The van der Waals surface area contributed by atoms with Gasteiger partial charge in [-0.05, 0) is 104 Å². The third-order valence-electron chi connectivity index (χ3n) is 8.56. The van der Waals surface area contributed by atoms with Gasteiger partial charge in [-0.1, -0.05) is 160 Å². The number of ether oxygens (including phenoxy) is 1. The zero-order chi connectivity index (χ0) is 32.0. The lowest BCUT2D eigenvalue weighted by Crippen LogP contribution is -2.18. The van der Waals surface area contributed by atoms with Gasteiger partial charge in [0.15, 0.2) is 0 Å². The van der Waals surface area contributed by atoms with Crippen molar-refractivity contribution in [2.24, 2.45) is 0 Å². The number of nitrogens with zero attached hydrogens (tertiary/aromatic N) is 1. The van der Waals surface area contributed by atoms with Gasteiger partial charge in [0.05, 0.1) is 6.10 Å². The lowest BCUT2D eigenvalue weighted by Gasteiger charge is -2.19. The Balaban J connectivity index is 0. The predicted octanol–water partition coefficient (Wildman–Crippen LogP) is 14.4. The van der Waals surface area contributed by atoms with Crippen LogP contribution in [0.25, 0.3) is 0 Å². The molecular weight excluding hydrogens is 546 g/mol. The minimum atomic E-state index is 0. The third-order valence-corrected chi connectivity index (χ3v) is 8.56.